The van der Waals surface area contributed by atoms with E-state index in [1.54, 1.807) is 6.07 Å². The van der Waals surface area contributed by atoms with Gasteiger partial charge in [-0.05, 0) is 62.0 Å². The van der Waals surface area contributed by atoms with Gasteiger partial charge in [0, 0.05) is 24.7 Å². The second-order valence-electron chi connectivity index (χ2n) is 9.26. The maximum Gasteiger partial charge on any atom is 0.165 e. The standard InChI is InChI=1S/C21H27NO3/c1-12-10-22(11-13-4-5-13)16-9-14-6-7-15(23)19-18(14)21(12)17(25-19)3-2-8-20(16,21)24/h6-7,12-13,16-17,23-24H,2-5,8-11H2,1H3/t12-,16?,17-,20+,21+/m0/s1. The Morgan fingerprint density at radius 1 is 1.28 bits per heavy atom. The molecule has 4 nitrogen and oxygen atoms in total. The van der Waals surface area contributed by atoms with Crippen LogP contribution in [0.25, 0.3) is 0 Å². The van der Waals surface area contributed by atoms with Gasteiger partial charge in [0.05, 0.1) is 11.0 Å². The summed E-state index contributed by atoms with van der Waals surface area (Å²) in [5.41, 5.74) is 1.38. The van der Waals surface area contributed by atoms with Crippen molar-refractivity contribution >= 4 is 0 Å². The lowest BCUT2D eigenvalue weighted by Crippen LogP contribution is -2.78. The molecular weight excluding hydrogens is 314 g/mol. The predicted octanol–water partition coefficient (Wildman–Crippen LogP) is 2.59. The van der Waals surface area contributed by atoms with E-state index in [0.29, 0.717) is 11.7 Å². The first-order chi connectivity index (χ1) is 12.1. The van der Waals surface area contributed by atoms with Gasteiger partial charge in [0.25, 0.3) is 0 Å². The fourth-order valence-corrected chi connectivity index (χ4v) is 7.00. The quantitative estimate of drug-likeness (QED) is 0.868. The van der Waals surface area contributed by atoms with Gasteiger partial charge < -0.3 is 14.9 Å². The Labute approximate surface area is 148 Å². The number of phenols is 1. The van der Waals surface area contributed by atoms with Crippen LogP contribution in [-0.4, -0.2) is 45.9 Å². The molecule has 1 saturated heterocycles. The molecule has 134 valence electrons. The highest BCUT2D eigenvalue weighted by Crippen LogP contribution is 2.67. The van der Waals surface area contributed by atoms with E-state index in [4.69, 9.17) is 4.74 Å². The zero-order chi connectivity index (χ0) is 17.0. The number of rotatable bonds is 2. The van der Waals surface area contributed by atoms with Crippen LogP contribution < -0.4 is 4.74 Å². The Bertz CT molecular complexity index is 760. The lowest BCUT2D eigenvalue weighted by Gasteiger charge is -2.65. The third kappa shape index (κ3) is 1.58. The first-order valence-corrected chi connectivity index (χ1v) is 10.0. The molecule has 5 aliphatic rings. The summed E-state index contributed by atoms with van der Waals surface area (Å²) in [6.07, 6.45) is 6.44. The van der Waals surface area contributed by atoms with Gasteiger partial charge in [0.2, 0.25) is 0 Å². The fraction of sp³-hybridized carbons (Fsp3) is 0.714. The van der Waals surface area contributed by atoms with Crippen LogP contribution in [0.5, 0.6) is 11.5 Å². The van der Waals surface area contributed by atoms with Gasteiger partial charge in [-0.3, -0.25) is 4.90 Å². The Morgan fingerprint density at radius 3 is 2.92 bits per heavy atom. The van der Waals surface area contributed by atoms with Gasteiger partial charge in [-0.2, -0.15) is 0 Å². The van der Waals surface area contributed by atoms with Crippen molar-refractivity contribution < 1.29 is 14.9 Å². The molecule has 2 aliphatic heterocycles. The summed E-state index contributed by atoms with van der Waals surface area (Å²) in [7, 11) is 0. The second kappa shape index (κ2) is 4.52. The van der Waals surface area contributed by atoms with Gasteiger partial charge >= 0.3 is 0 Å². The number of aliphatic hydroxyl groups is 1. The zero-order valence-electron chi connectivity index (χ0n) is 14.9. The summed E-state index contributed by atoms with van der Waals surface area (Å²) in [5, 5.41) is 22.6. The smallest absolute Gasteiger partial charge is 0.165 e. The van der Waals surface area contributed by atoms with E-state index in [2.05, 4.69) is 17.9 Å². The van der Waals surface area contributed by atoms with Crippen LogP contribution in [0.3, 0.4) is 0 Å². The van der Waals surface area contributed by atoms with E-state index in [1.165, 1.54) is 18.4 Å². The molecule has 1 spiro atoms. The van der Waals surface area contributed by atoms with Crippen molar-refractivity contribution in [1.82, 2.24) is 4.90 Å². The van der Waals surface area contributed by atoms with Gasteiger partial charge in [-0.15, -0.1) is 0 Å². The summed E-state index contributed by atoms with van der Waals surface area (Å²) < 4.78 is 6.35. The molecule has 3 aliphatic carbocycles. The predicted molar refractivity (Wildman–Crippen MR) is 94.0 cm³/mol. The maximum atomic E-state index is 12.2. The number of piperidine rings is 1. The lowest BCUT2D eigenvalue weighted by molar-refractivity contribution is -0.206. The van der Waals surface area contributed by atoms with Crippen molar-refractivity contribution in [1.29, 1.82) is 0 Å². The highest BCUT2D eigenvalue weighted by Gasteiger charge is 2.73. The molecule has 1 aromatic carbocycles. The highest BCUT2D eigenvalue weighted by molar-refractivity contribution is 5.62. The third-order valence-electron chi connectivity index (χ3n) is 8.03. The largest absolute Gasteiger partial charge is 0.504 e. The number of aromatic hydroxyl groups is 1. The minimum Gasteiger partial charge on any atom is -0.504 e. The average molecular weight is 341 g/mol. The number of hydrogen-bond donors (Lipinski definition) is 2. The third-order valence-corrected chi connectivity index (χ3v) is 8.03. The molecule has 25 heavy (non-hydrogen) atoms. The molecule has 0 aromatic heterocycles. The van der Waals surface area contributed by atoms with Crippen LogP contribution in [0.2, 0.25) is 0 Å². The molecule has 2 N–H and O–H groups in total. The normalized spacial score (nSPS) is 44.3. The van der Waals surface area contributed by atoms with Crippen molar-refractivity contribution in [3.05, 3.63) is 23.3 Å². The summed E-state index contributed by atoms with van der Waals surface area (Å²) in [6, 6.07) is 4.06. The first kappa shape index (κ1) is 14.9. The minimum atomic E-state index is -0.728. The topological polar surface area (TPSA) is 52.9 Å². The second-order valence-corrected chi connectivity index (χ2v) is 9.26. The van der Waals surface area contributed by atoms with Crippen molar-refractivity contribution in [3.63, 3.8) is 0 Å². The molecule has 0 amide bonds. The van der Waals surface area contributed by atoms with E-state index < -0.39 is 5.60 Å². The van der Waals surface area contributed by atoms with E-state index >= 15 is 0 Å². The van der Waals surface area contributed by atoms with E-state index in [1.807, 2.05) is 0 Å². The number of likely N-dealkylation sites (tertiary alicyclic amines) is 1. The molecule has 4 heteroatoms. The summed E-state index contributed by atoms with van der Waals surface area (Å²) in [4.78, 5) is 2.60. The minimum absolute atomic E-state index is 0.00850. The maximum absolute atomic E-state index is 12.2. The van der Waals surface area contributed by atoms with Crippen LogP contribution in [0, 0.1) is 11.8 Å². The summed E-state index contributed by atoms with van der Waals surface area (Å²) in [5.74, 6) is 2.08. The van der Waals surface area contributed by atoms with Crippen molar-refractivity contribution in [2.24, 2.45) is 11.8 Å². The Kier molecular flexibility index (Phi) is 2.69. The molecule has 1 aromatic rings. The van der Waals surface area contributed by atoms with Crippen molar-refractivity contribution in [3.8, 4) is 11.5 Å². The summed E-state index contributed by atoms with van der Waals surface area (Å²) in [6.45, 7) is 4.48. The highest BCUT2D eigenvalue weighted by atomic mass is 16.5. The molecule has 3 fully saturated rings. The van der Waals surface area contributed by atoms with Crippen LogP contribution in [0.4, 0.5) is 0 Å². The van der Waals surface area contributed by atoms with Gasteiger partial charge in [0.15, 0.2) is 11.5 Å². The molecule has 2 saturated carbocycles. The SMILES string of the molecule is C[C@H]1CN(CC2CC2)C2Cc3ccc(O)c4c3[C@]13[C@H](CCC[C@@]23O)O4. The molecular formula is C21H27NO3. The van der Waals surface area contributed by atoms with Gasteiger partial charge in [-0.1, -0.05) is 13.0 Å². The van der Waals surface area contributed by atoms with Crippen molar-refractivity contribution in [2.75, 3.05) is 13.1 Å². The van der Waals surface area contributed by atoms with Gasteiger partial charge in [-0.25, -0.2) is 0 Å². The monoisotopic (exact) mass is 341 g/mol. The van der Waals surface area contributed by atoms with Crippen LogP contribution in [-0.2, 0) is 11.8 Å². The molecule has 2 heterocycles. The first-order valence-electron chi connectivity index (χ1n) is 10.0. The molecule has 0 radical (unpaired) electrons. The number of benzene rings is 1. The molecule has 1 unspecified atom stereocenters. The van der Waals surface area contributed by atoms with Crippen molar-refractivity contribution in [2.45, 2.75) is 68.6 Å². The number of nitrogens with zero attached hydrogens (tertiary/aromatic N) is 1. The Morgan fingerprint density at radius 2 is 2.12 bits per heavy atom. The Hall–Kier alpha value is -1.26. The number of phenolic OH excluding ortho intramolecular Hbond substituents is 1. The number of ether oxygens (including phenoxy) is 1. The lowest BCUT2D eigenvalue weighted by atomic mass is 9.46. The van der Waals surface area contributed by atoms with E-state index in [9.17, 15) is 10.2 Å². The zero-order valence-corrected chi connectivity index (χ0v) is 14.9. The van der Waals surface area contributed by atoms with Crippen LogP contribution in [0.1, 0.15) is 50.2 Å². The molecule has 6 rings (SSSR count). The molecule has 5 atom stereocenters. The average Bonchev–Trinajstić information content (AvgIpc) is 3.31. The van der Waals surface area contributed by atoms with Gasteiger partial charge in [0.1, 0.15) is 6.10 Å². The van der Waals surface area contributed by atoms with Crippen LogP contribution >= 0.6 is 0 Å². The van der Waals surface area contributed by atoms with E-state index in [0.717, 1.165) is 50.3 Å². The molecule has 2 bridgehead atoms. The summed E-state index contributed by atoms with van der Waals surface area (Å²) >= 11 is 0. The number of hydrogen-bond acceptors (Lipinski definition) is 4. The van der Waals surface area contributed by atoms with Crippen LogP contribution in [0.15, 0.2) is 12.1 Å². The fourth-order valence-electron chi connectivity index (χ4n) is 7.00. The Balaban J connectivity index is 1.59. The van der Waals surface area contributed by atoms with E-state index in [-0.39, 0.29) is 23.3 Å².